The van der Waals surface area contributed by atoms with Crippen molar-refractivity contribution in [2.45, 2.75) is 13.8 Å². The summed E-state index contributed by atoms with van der Waals surface area (Å²) in [6.07, 6.45) is 0. The molecule has 0 radical (unpaired) electrons. The summed E-state index contributed by atoms with van der Waals surface area (Å²) in [5.41, 5.74) is 3.48. The molecular formula is C18H21ClN2OS. The number of halogens is 1. The first-order chi connectivity index (χ1) is 11.0. The van der Waals surface area contributed by atoms with Gasteiger partial charge in [0.25, 0.3) is 0 Å². The van der Waals surface area contributed by atoms with Crippen molar-refractivity contribution in [3.05, 3.63) is 58.6 Å². The molecule has 2 rings (SSSR count). The maximum Gasteiger partial charge on any atom is 0.173 e. The second-order valence-electron chi connectivity index (χ2n) is 5.38. The van der Waals surface area contributed by atoms with Crippen LogP contribution < -0.4 is 10.1 Å². The molecule has 0 saturated heterocycles. The van der Waals surface area contributed by atoms with Crippen LogP contribution in [0.15, 0.2) is 42.5 Å². The highest BCUT2D eigenvalue weighted by Gasteiger charge is 2.08. The van der Waals surface area contributed by atoms with E-state index in [1.165, 1.54) is 11.1 Å². The van der Waals surface area contributed by atoms with Crippen molar-refractivity contribution in [2.75, 3.05) is 25.5 Å². The Morgan fingerprint density at radius 2 is 1.91 bits per heavy atom. The summed E-state index contributed by atoms with van der Waals surface area (Å²) in [4.78, 5) is 1.95. The Labute approximate surface area is 148 Å². The van der Waals surface area contributed by atoms with Gasteiger partial charge in [0.15, 0.2) is 5.11 Å². The predicted molar refractivity (Wildman–Crippen MR) is 102 cm³/mol. The highest BCUT2D eigenvalue weighted by molar-refractivity contribution is 7.80. The lowest BCUT2D eigenvalue weighted by molar-refractivity contribution is 0.285. The summed E-state index contributed by atoms with van der Waals surface area (Å²) in [5, 5.41) is 4.57. The van der Waals surface area contributed by atoms with Crippen molar-refractivity contribution in [3.63, 3.8) is 0 Å². The molecule has 0 aliphatic carbocycles. The van der Waals surface area contributed by atoms with Gasteiger partial charge >= 0.3 is 0 Å². The highest BCUT2D eigenvalue weighted by Crippen LogP contribution is 2.23. The number of ether oxygens (including phenoxy) is 1. The fourth-order valence-electron chi connectivity index (χ4n) is 2.05. The normalized spacial score (nSPS) is 10.3. The fourth-order valence-corrected chi connectivity index (χ4v) is 2.44. The SMILES string of the molecule is Cc1cccc(NC(=S)N(C)CCOc2ccccc2Cl)c1C. The largest absolute Gasteiger partial charge is 0.490 e. The molecular weight excluding hydrogens is 328 g/mol. The fraction of sp³-hybridized carbons (Fsp3) is 0.278. The minimum absolute atomic E-state index is 0.509. The Morgan fingerprint density at radius 1 is 1.17 bits per heavy atom. The van der Waals surface area contributed by atoms with Crippen LogP contribution in [-0.2, 0) is 0 Å². The molecule has 0 heterocycles. The van der Waals surface area contributed by atoms with Crippen LogP contribution in [0.5, 0.6) is 5.75 Å². The van der Waals surface area contributed by atoms with Crippen molar-refractivity contribution >= 4 is 34.6 Å². The molecule has 2 aromatic carbocycles. The van der Waals surface area contributed by atoms with Gasteiger partial charge in [-0.1, -0.05) is 35.9 Å². The van der Waals surface area contributed by atoms with Crippen LogP contribution in [0.2, 0.25) is 5.02 Å². The van der Waals surface area contributed by atoms with E-state index in [0.717, 1.165) is 5.69 Å². The van der Waals surface area contributed by atoms with Crippen LogP contribution in [0.4, 0.5) is 5.69 Å². The number of hydrogen-bond donors (Lipinski definition) is 1. The molecule has 0 saturated carbocycles. The number of hydrogen-bond acceptors (Lipinski definition) is 2. The average molecular weight is 349 g/mol. The number of thiocarbonyl (C=S) groups is 1. The van der Waals surface area contributed by atoms with Gasteiger partial charge in [-0.15, -0.1) is 0 Å². The summed E-state index contributed by atoms with van der Waals surface area (Å²) in [6, 6.07) is 13.6. The van der Waals surface area contributed by atoms with E-state index in [1.807, 2.05) is 48.3 Å². The highest BCUT2D eigenvalue weighted by atomic mass is 35.5. The van der Waals surface area contributed by atoms with Gasteiger partial charge in [-0.05, 0) is 55.4 Å². The van der Waals surface area contributed by atoms with E-state index >= 15 is 0 Å². The Hall–Kier alpha value is -1.78. The van der Waals surface area contributed by atoms with Gasteiger partial charge in [0.05, 0.1) is 11.6 Å². The second-order valence-corrected chi connectivity index (χ2v) is 6.17. The number of aryl methyl sites for hydroxylation is 1. The number of nitrogens with zero attached hydrogens (tertiary/aromatic N) is 1. The van der Waals surface area contributed by atoms with Crippen LogP contribution in [0.3, 0.4) is 0 Å². The summed E-state index contributed by atoms with van der Waals surface area (Å²) < 4.78 is 5.69. The predicted octanol–water partition coefficient (Wildman–Crippen LogP) is 4.66. The molecule has 1 N–H and O–H groups in total. The van der Waals surface area contributed by atoms with Crippen LogP contribution in [-0.4, -0.2) is 30.2 Å². The molecule has 0 unspecified atom stereocenters. The maximum absolute atomic E-state index is 6.06. The van der Waals surface area contributed by atoms with Gasteiger partial charge in [-0.3, -0.25) is 0 Å². The molecule has 3 nitrogen and oxygen atoms in total. The summed E-state index contributed by atoms with van der Waals surface area (Å²) in [5.74, 6) is 0.691. The first kappa shape index (κ1) is 17.6. The van der Waals surface area contributed by atoms with Crippen LogP contribution in [0, 0.1) is 13.8 Å². The van der Waals surface area contributed by atoms with E-state index in [2.05, 4.69) is 25.2 Å². The van der Waals surface area contributed by atoms with Crippen molar-refractivity contribution in [1.29, 1.82) is 0 Å². The van der Waals surface area contributed by atoms with Gasteiger partial charge in [0, 0.05) is 12.7 Å². The van der Waals surface area contributed by atoms with E-state index < -0.39 is 0 Å². The number of benzene rings is 2. The molecule has 122 valence electrons. The molecule has 0 bridgehead atoms. The van der Waals surface area contributed by atoms with Gasteiger partial charge in [-0.25, -0.2) is 0 Å². The number of rotatable bonds is 5. The van der Waals surface area contributed by atoms with Crippen LogP contribution >= 0.6 is 23.8 Å². The molecule has 23 heavy (non-hydrogen) atoms. The van der Waals surface area contributed by atoms with Gasteiger partial charge < -0.3 is 15.0 Å². The number of para-hydroxylation sites is 1. The van der Waals surface area contributed by atoms with E-state index in [1.54, 1.807) is 0 Å². The van der Waals surface area contributed by atoms with E-state index in [0.29, 0.717) is 29.0 Å². The first-order valence-corrected chi connectivity index (χ1v) is 8.23. The summed E-state index contributed by atoms with van der Waals surface area (Å²) in [7, 11) is 1.94. The summed E-state index contributed by atoms with van der Waals surface area (Å²) in [6.45, 7) is 5.35. The first-order valence-electron chi connectivity index (χ1n) is 7.44. The molecule has 0 aromatic heterocycles. The minimum Gasteiger partial charge on any atom is -0.490 e. The molecule has 0 amide bonds. The molecule has 0 atom stereocenters. The molecule has 0 aliphatic rings. The van der Waals surface area contributed by atoms with Crippen molar-refractivity contribution < 1.29 is 4.74 Å². The third-order valence-corrected chi connectivity index (χ3v) is 4.44. The Kier molecular flexibility index (Phi) is 6.25. The topological polar surface area (TPSA) is 24.5 Å². The zero-order valence-electron chi connectivity index (χ0n) is 13.6. The third-order valence-electron chi connectivity index (χ3n) is 3.71. The van der Waals surface area contributed by atoms with E-state index in [4.69, 9.17) is 28.6 Å². The zero-order chi connectivity index (χ0) is 16.8. The number of nitrogens with one attached hydrogen (secondary N) is 1. The quantitative estimate of drug-likeness (QED) is 0.794. The van der Waals surface area contributed by atoms with E-state index in [9.17, 15) is 0 Å². The standard InChI is InChI=1S/C18H21ClN2OS/c1-13-7-6-9-16(14(13)2)20-18(23)21(3)11-12-22-17-10-5-4-8-15(17)19/h4-10H,11-12H2,1-3H3,(H,20,23). The Bertz CT molecular complexity index is 690. The second kappa shape index (κ2) is 8.18. The molecule has 0 aliphatic heterocycles. The molecule has 2 aromatic rings. The lowest BCUT2D eigenvalue weighted by Gasteiger charge is -2.22. The summed E-state index contributed by atoms with van der Waals surface area (Å²) >= 11 is 11.5. The van der Waals surface area contributed by atoms with Gasteiger partial charge in [0.2, 0.25) is 0 Å². The molecule has 0 fully saturated rings. The van der Waals surface area contributed by atoms with Crippen LogP contribution in [0.25, 0.3) is 0 Å². The average Bonchev–Trinajstić information content (AvgIpc) is 2.53. The maximum atomic E-state index is 6.06. The Balaban J connectivity index is 1.86. The Morgan fingerprint density at radius 3 is 2.65 bits per heavy atom. The lowest BCUT2D eigenvalue weighted by Crippen LogP contribution is -2.34. The smallest absolute Gasteiger partial charge is 0.173 e. The number of likely N-dealkylation sites (N-methyl/N-ethyl adjacent to an activating group) is 1. The monoisotopic (exact) mass is 348 g/mol. The van der Waals surface area contributed by atoms with Crippen molar-refractivity contribution in [3.8, 4) is 5.75 Å². The van der Waals surface area contributed by atoms with Crippen molar-refractivity contribution in [2.24, 2.45) is 0 Å². The zero-order valence-corrected chi connectivity index (χ0v) is 15.2. The molecule has 5 heteroatoms. The van der Waals surface area contributed by atoms with Crippen LogP contribution in [0.1, 0.15) is 11.1 Å². The van der Waals surface area contributed by atoms with Crippen molar-refractivity contribution in [1.82, 2.24) is 4.90 Å². The minimum atomic E-state index is 0.509. The third kappa shape index (κ3) is 4.85. The van der Waals surface area contributed by atoms with E-state index in [-0.39, 0.29) is 0 Å². The number of anilines is 1. The van der Waals surface area contributed by atoms with Gasteiger partial charge in [0.1, 0.15) is 12.4 Å². The lowest BCUT2D eigenvalue weighted by atomic mass is 10.1. The molecule has 0 spiro atoms. The van der Waals surface area contributed by atoms with Gasteiger partial charge in [-0.2, -0.15) is 0 Å².